The summed E-state index contributed by atoms with van der Waals surface area (Å²) < 4.78 is 6.02. The summed E-state index contributed by atoms with van der Waals surface area (Å²) in [6, 6.07) is 10.7. The SMILES string of the molecule is CCCCc1oc2ccccc2c1CNC(CC)CC#N. The third-order valence-electron chi connectivity index (χ3n) is 3.94. The highest BCUT2D eigenvalue weighted by molar-refractivity contribution is 5.82. The summed E-state index contributed by atoms with van der Waals surface area (Å²) >= 11 is 0. The molecule has 0 spiro atoms. The van der Waals surface area contributed by atoms with E-state index in [9.17, 15) is 0 Å². The van der Waals surface area contributed by atoms with E-state index < -0.39 is 0 Å². The molecule has 1 aromatic heterocycles. The molecule has 0 saturated carbocycles. The molecule has 0 radical (unpaired) electrons. The van der Waals surface area contributed by atoms with Crippen LogP contribution in [0.1, 0.15) is 50.9 Å². The van der Waals surface area contributed by atoms with Crippen LogP contribution in [0.15, 0.2) is 28.7 Å². The monoisotopic (exact) mass is 284 g/mol. The molecule has 3 nitrogen and oxygen atoms in total. The van der Waals surface area contributed by atoms with Crippen LogP contribution in [-0.4, -0.2) is 6.04 Å². The molecule has 0 amide bonds. The molecule has 1 heterocycles. The fraction of sp³-hybridized carbons (Fsp3) is 0.500. The fourth-order valence-corrected chi connectivity index (χ4v) is 2.60. The summed E-state index contributed by atoms with van der Waals surface area (Å²) in [6.45, 7) is 5.08. The number of rotatable bonds is 8. The summed E-state index contributed by atoms with van der Waals surface area (Å²) in [4.78, 5) is 0. The summed E-state index contributed by atoms with van der Waals surface area (Å²) in [5, 5.41) is 13.6. The minimum absolute atomic E-state index is 0.252. The third kappa shape index (κ3) is 3.86. The molecule has 0 fully saturated rings. The molecule has 1 unspecified atom stereocenters. The van der Waals surface area contributed by atoms with Crippen LogP contribution < -0.4 is 5.32 Å². The average Bonchev–Trinajstić information content (AvgIpc) is 2.87. The highest BCUT2D eigenvalue weighted by Gasteiger charge is 2.14. The Balaban J connectivity index is 2.21. The van der Waals surface area contributed by atoms with E-state index in [1.807, 2.05) is 12.1 Å². The number of aryl methyl sites for hydroxylation is 1. The first-order chi connectivity index (χ1) is 10.3. The normalized spacial score (nSPS) is 12.4. The van der Waals surface area contributed by atoms with Gasteiger partial charge in [0, 0.05) is 30.0 Å². The van der Waals surface area contributed by atoms with E-state index in [1.165, 1.54) is 10.9 Å². The van der Waals surface area contributed by atoms with Gasteiger partial charge in [-0.15, -0.1) is 0 Å². The Labute approximate surface area is 126 Å². The lowest BCUT2D eigenvalue weighted by atomic mass is 10.1. The van der Waals surface area contributed by atoms with Gasteiger partial charge in [0.15, 0.2) is 0 Å². The van der Waals surface area contributed by atoms with Gasteiger partial charge < -0.3 is 9.73 Å². The number of furan rings is 1. The standard InChI is InChI=1S/C18H24N2O/c1-3-5-9-18-16(13-20-14(4-2)11-12-19)15-8-6-7-10-17(15)21-18/h6-8,10,14,20H,3-5,9,11,13H2,1-2H3. The van der Waals surface area contributed by atoms with E-state index in [0.717, 1.165) is 43.6 Å². The van der Waals surface area contributed by atoms with Crippen molar-refractivity contribution >= 4 is 11.0 Å². The van der Waals surface area contributed by atoms with Crippen molar-refractivity contribution in [3.63, 3.8) is 0 Å². The van der Waals surface area contributed by atoms with Gasteiger partial charge in [0.05, 0.1) is 12.5 Å². The van der Waals surface area contributed by atoms with Crippen LogP contribution >= 0.6 is 0 Å². The maximum Gasteiger partial charge on any atom is 0.134 e. The van der Waals surface area contributed by atoms with Crippen LogP contribution in [0.2, 0.25) is 0 Å². The summed E-state index contributed by atoms with van der Waals surface area (Å²) in [5.74, 6) is 1.09. The molecule has 0 saturated heterocycles. The van der Waals surface area contributed by atoms with Crippen molar-refractivity contribution < 1.29 is 4.42 Å². The average molecular weight is 284 g/mol. The number of hydrogen-bond acceptors (Lipinski definition) is 3. The molecule has 3 heteroatoms. The summed E-state index contributed by atoms with van der Waals surface area (Å²) in [7, 11) is 0. The van der Waals surface area contributed by atoms with Crippen LogP contribution in [0.4, 0.5) is 0 Å². The first kappa shape index (κ1) is 15.6. The Morgan fingerprint density at radius 3 is 2.81 bits per heavy atom. The van der Waals surface area contributed by atoms with Gasteiger partial charge in [0.1, 0.15) is 11.3 Å². The Morgan fingerprint density at radius 1 is 1.29 bits per heavy atom. The molecule has 21 heavy (non-hydrogen) atoms. The smallest absolute Gasteiger partial charge is 0.134 e. The zero-order valence-electron chi connectivity index (χ0n) is 13.0. The first-order valence-electron chi connectivity index (χ1n) is 7.89. The van der Waals surface area contributed by atoms with Gasteiger partial charge in [-0.2, -0.15) is 5.26 Å². The number of fused-ring (bicyclic) bond motifs is 1. The summed E-state index contributed by atoms with van der Waals surface area (Å²) in [6.07, 6.45) is 4.81. The second-order valence-corrected chi connectivity index (χ2v) is 5.45. The Bertz CT molecular complexity index is 609. The van der Waals surface area contributed by atoms with Gasteiger partial charge in [-0.3, -0.25) is 0 Å². The zero-order valence-corrected chi connectivity index (χ0v) is 13.0. The van der Waals surface area contributed by atoms with Crippen molar-refractivity contribution in [1.29, 1.82) is 5.26 Å². The van der Waals surface area contributed by atoms with E-state index in [1.54, 1.807) is 0 Å². The molecular weight excluding hydrogens is 260 g/mol. The minimum Gasteiger partial charge on any atom is -0.461 e. The van der Waals surface area contributed by atoms with Gasteiger partial charge in [-0.05, 0) is 18.9 Å². The number of unbranched alkanes of at least 4 members (excludes halogenated alkanes) is 1. The number of nitrogens with zero attached hydrogens (tertiary/aromatic N) is 1. The van der Waals surface area contributed by atoms with Crippen molar-refractivity contribution in [2.24, 2.45) is 0 Å². The zero-order chi connectivity index (χ0) is 15.1. The lowest BCUT2D eigenvalue weighted by Gasteiger charge is -2.13. The summed E-state index contributed by atoms with van der Waals surface area (Å²) in [5.41, 5.74) is 2.23. The molecule has 0 bridgehead atoms. The third-order valence-corrected chi connectivity index (χ3v) is 3.94. The van der Waals surface area contributed by atoms with Crippen molar-refractivity contribution in [3.8, 4) is 6.07 Å². The predicted octanol–water partition coefficient (Wildman–Crippen LogP) is 4.56. The molecule has 1 aromatic carbocycles. The number of nitriles is 1. The van der Waals surface area contributed by atoms with Crippen LogP contribution in [-0.2, 0) is 13.0 Å². The highest BCUT2D eigenvalue weighted by Crippen LogP contribution is 2.27. The van der Waals surface area contributed by atoms with Crippen LogP contribution in [0.5, 0.6) is 0 Å². The molecule has 0 aliphatic carbocycles. The predicted molar refractivity (Wildman–Crippen MR) is 86.0 cm³/mol. The number of nitrogens with one attached hydrogen (secondary N) is 1. The van der Waals surface area contributed by atoms with Crippen LogP contribution in [0, 0.1) is 11.3 Å². The van der Waals surface area contributed by atoms with Gasteiger partial charge in [0.25, 0.3) is 0 Å². The lowest BCUT2D eigenvalue weighted by molar-refractivity contribution is 0.488. The topological polar surface area (TPSA) is 49.0 Å². The van der Waals surface area contributed by atoms with Gasteiger partial charge in [0.2, 0.25) is 0 Å². The van der Waals surface area contributed by atoms with Gasteiger partial charge >= 0.3 is 0 Å². The van der Waals surface area contributed by atoms with E-state index in [4.69, 9.17) is 9.68 Å². The maximum absolute atomic E-state index is 8.86. The highest BCUT2D eigenvalue weighted by atomic mass is 16.3. The maximum atomic E-state index is 8.86. The fourth-order valence-electron chi connectivity index (χ4n) is 2.60. The van der Waals surface area contributed by atoms with Crippen LogP contribution in [0.3, 0.4) is 0 Å². The Hall–Kier alpha value is -1.79. The number of benzene rings is 1. The van der Waals surface area contributed by atoms with Crippen molar-refractivity contribution in [3.05, 3.63) is 35.6 Å². The van der Waals surface area contributed by atoms with Crippen molar-refractivity contribution in [2.45, 2.75) is 58.5 Å². The molecule has 1 N–H and O–H groups in total. The van der Waals surface area contributed by atoms with E-state index in [-0.39, 0.29) is 6.04 Å². The van der Waals surface area contributed by atoms with Gasteiger partial charge in [-0.1, -0.05) is 38.5 Å². The van der Waals surface area contributed by atoms with E-state index in [0.29, 0.717) is 6.42 Å². The van der Waals surface area contributed by atoms with E-state index >= 15 is 0 Å². The van der Waals surface area contributed by atoms with Crippen LogP contribution in [0.25, 0.3) is 11.0 Å². The molecular formula is C18H24N2O. The first-order valence-corrected chi connectivity index (χ1v) is 7.89. The lowest BCUT2D eigenvalue weighted by Crippen LogP contribution is -2.27. The molecule has 1 atom stereocenters. The number of hydrogen-bond donors (Lipinski definition) is 1. The van der Waals surface area contributed by atoms with Gasteiger partial charge in [-0.25, -0.2) is 0 Å². The molecule has 0 aliphatic heterocycles. The quantitative estimate of drug-likeness (QED) is 0.773. The molecule has 0 aliphatic rings. The van der Waals surface area contributed by atoms with Crippen molar-refractivity contribution in [1.82, 2.24) is 5.32 Å². The molecule has 2 rings (SSSR count). The second-order valence-electron chi connectivity index (χ2n) is 5.45. The minimum atomic E-state index is 0.252. The van der Waals surface area contributed by atoms with Crippen molar-refractivity contribution in [2.75, 3.05) is 0 Å². The van der Waals surface area contributed by atoms with E-state index in [2.05, 4.69) is 37.4 Å². The second kappa shape index (κ2) is 7.85. The molecule has 112 valence electrons. The Kier molecular flexibility index (Phi) is 5.83. The number of para-hydroxylation sites is 1. The molecule has 2 aromatic rings. The largest absolute Gasteiger partial charge is 0.461 e. The Morgan fingerprint density at radius 2 is 2.10 bits per heavy atom.